The van der Waals surface area contributed by atoms with Crippen molar-refractivity contribution in [2.24, 2.45) is 0 Å². The van der Waals surface area contributed by atoms with Crippen molar-refractivity contribution in [2.45, 2.75) is 18.1 Å². The molecule has 152 valence electrons. The summed E-state index contributed by atoms with van der Waals surface area (Å²) in [5.41, 5.74) is 0.909. The molecule has 0 aliphatic heterocycles. The maximum absolute atomic E-state index is 12.5. The summed E-state index contributed by atoms with van der Waals surface area (Å²) in [6, 6.07) is 5.52. The van der Waals surface area contributed by atoms with Crippen LogP contribution in [0, 0.1) is 0 Å². The molecule has 3 rings (SSSR count). The summed E-state index contributed by atoms with van der Waals surface area (Å²) in [7, 11) is 3.17. The van der Waals surface area contributed by atoms with Crippen molar-refractivity contribution < 1.29 is 14.3 Å². The Kier molecular flexibility index (Phi) is 6.65. The highest BCUT2D eigenvalue weighted by molar-refractivity contribution is 7.98. The minimum Gasteiger partial charge on any atom is -0.497 e. The normalized spacial score (nSPS) is 10.7. The minimum absolute atomic E-state index is 0.133. The zero-order valence-electron chi connectivity index (χ0n) is 16.3. The molecule has 1 N–H and O–H groups in total. The molecule has 2 aromatic heterocycles. The van der Waals surface area contributed by atoms with Crippen LogP contribution in [0.15, 0.2) is 40.7 Å². The summed E-state index contributed by atoms with van der Waals surface area (Å²) in [6.45, 7) is 0.267. The van der Waals surface area contributed by atoms with Crippen LogP contribution in [-0.2, 0) is 17.8 Å². The van der Waals surface area contributed by atoms with Gasteiger partial charge in [0.25, 0.3) is 5.56 Å². The van der Waals surface area contributed by atoms with Crippen LogP contribution in [0.5, 0.6) is 11.5 Å². The van der Waals surface area contributed by atoms with Crippen LogP contribution in [0.2, 0.25) is 0 Å². The van der Waals surface area contributed by atoms with Gasteiger partial charge in [0.15, 0.2) is 10.8 Å². The first-order chi connectivity index (χ1) is 14.0. The number of hydrogen-bond acceptors (Lipinski definition) is 8. The number of carbonyl (C=O) groups is 1. The molecule has 1 amide bonds. The lowest BCUT2D eigenvalue weighted by Gasteiger charge is -2.11. The summed E-state index contributed by atoms with van der Waals surface area (Å²) < 4.78 is 11.8. The summed E-state index contributed by atoms with van der Waals surface area (Å²) in [5.74, 6) is 1.10. The predicted molar refractivity (Wildman–Crippen MR) is 110 cm³/mol. The average Bonchev–Trinajstić information content (AvgIpc) is 2.75. The van der Waals surface area contributed by atoms with E-state index in [1.54, 1.807) is 20.3 Å². The molecule has 0 bridgehead atoms. The summed E-state index contributed by atoms with van der Waals surface area (Å²) >= 11 is 1.37. The van der Waals surface area contributed by atoms with Gasteiger partial charge in [0.2, 0.25) is 5.91 Å². The van der Waals surface area contributed by atoms with Crippen LogP contribution >= 0.6 is 11.8 Å². The Morgan fingerprint density at radius 3 is 2.79 bits per heavy atom. The fraction of sp³-hybridized carbons (Fsp3) is 0.316. The number of benzene rings is 1. The van der Waals surface area contributed by atoms with Gasteiger partial charge in [-0.2, -0.15) is 0 Å². The Morgan fingerprint density at radius 1 is 1.24 bits per heavy atom. The zero-order chi connectivity index (χ0) is 20.8. The molecule has 0 saturated heterocycles. The highest BCUT2D eigenvalue weighted by Gasteiger charge is 2.11. The number of hydrogen-bond donors (Lipinski definition) is 1. The topological polar surface area (TPSA) is 108 Å². The van der Waals surface area contributed by atoms with Gasteiger partial charge in [0.1, 0.15) is 29.8 Å². The number of fused-ring (bicyclic) bond motifs is 1. The van der Waals surface area contributed by atoms with E-state index < -0.39 is 0 Å². The maximum atomic E-state index is 12.5. The molecule has 0 saturated carbocycles. The number of ether oxygens (including phenoxy) is 2. The van der Waals surface area contributed by atoms with E-state index in [4.69, 9.17) is 9.47 Å². The third-order valence-electron chi connectivity index (χ3n) is 4.26. The minimum atomic E-state index is -0.352. The van der Waals surface area contributed by atoms with Gasteiger partial charge in [-0.1, -0.05) is 17.8 Å². The molecule has 10 heteroatoms. The quantitative estimate of drug-likeness (QED) is 0.433. The van der Waals surface area contributed by atoms with Crippen LogP contribution in [0.25, 0.3) is 11.0 Å². The average molecular weight is 415 g/mol. The van der Waals surface area contributed by atoms with Gasteiger partial charge >= 0.3 is 0 Å². The molecule has 0 spiro atoms. The van der Waals surface area contributed by atoms with Gasteiger partial charge in [0, 0.05) is 18.8 Å². The van der Waals surface area contributed by atoms with Crippen molar-refractivity contribution in [2.75, 3.05) is 27.0 Å². The van der Waals surface area contributed by atoms with Crippen LogP contribution in [0.1, 0.15) is 5.56 Å². The van der Waals surface area contributed by atoms with E-state index in [2.05, 4.69) is 20.3 Å². The SMILES string of the molecule is COc1ccc(CCNC(=O)Cn2cnc3nc(SC)ncc3c2=O)c(OC)c1. The summed E-state index contributed by atoms with van der Waals surface area (Å²) in [6.07, 6.45) is 5.19. The molecule has 2 heterocycles. The second-order valence-electron chi connectivity index (χ2n) is 6.05. The molecule has 0 unspecified atom stereocenters. The number of nitrogens with zero attached hydrogens (tertiary/aromatic N) is 4. The van der Waals surface area contributed by atoms with Crippen molar-refractivity contribution in [3.8, 4) is 11.5 Å². The predicted octanol–water partition coefficient (Wildman–Crippen LogP) is 1.28. The largest absolute Gasteiger partial charge is 0.497 e. The molecule has 9 nitrogen and oxygen atoms in total. The number of rotatable bonds is 8. The van der Waals surface area contributed by atoms with E-state index in [1.807, 2.05) is 18.4 Å². The number of amides is 1. The Labute approximate surface area is 171 Å². The van der Waals surface area contributed by atoms with Crippen LogP contribution in [0.4, 0.5) is 0 Å². The Balaban J connectivity index is 1.63. The first-order valence-electron chi connectivity index (χ1n) is 8.79. The van der Waals surface area contributed by atoms with Crippen LogP contribution < -0.4 is 20.3 Å². The van der Waals surface area contributed by atoms with E-state index in [1.165, 1.54) is 28.9 Å². The van der Waals surface area contributed by atoms with Gasteiger partial charge in [0.05, 0.1) is 14.2 Å². The lowest BCUT2D eigenvalue weighted by Crippen LogP contribution is -2.33. The zero-order valence-corrected chi connectivity index (χ0v) is 17.2. The number of methoxy groups -OCH3 is 2. The number of thioether (sulfide) groups is 1. The molecular formula is C19H21N5O4S. The fourth-order valence-corrected chi connectivity index (χ4v) is 3.09. The molecule has 1 aromatic carbocycles. The van der Waals surface area contributed by atoms with E-state index in [9.17, 15) is 9.59 Å². The van der Waals surface area contributed by atoms with Crippen molar-refractivity contribution >= 4 is 28.7 Å². The second-order valence-corrected chi connectivity index (χ2v) is 6.82. The van der Waals surface area contributed by atoms with E-state index in [0.717, 1.165) is 5.56 Å². The highest BCUT2D eigenvalue weighted by atomic mass is 32.2. The third kappa shape index (κ3) is 4.83. The number of carbonyl (C=O) groups excluding carboxylic acids is 1. The van der Waals surface area contributed by atoms with Crippen molar-refractivity contribution in [3.05, 3.63) is 46.6 Å². The van der Waals surface area contributed by atoms with Gasteiger partial charge in [-0.05, 0) is 24.3 Å². The molecule has 0 fully saturated rings. The van der Waals surface area contributed by atoms with Gasteiger partial charge in [-0.25, -0.2) is 15.0 Å². The monoisotopic (exact) mass is 415 g/mol. The summed E-state index contributed by atoms with van der Waals surface area (Å²) in [5, 5.41) is 3.62. The molecular weight excluding hydrogens is 394 g/mol. The van der Waals surface area contributed by atoms with Gasteiger partial charge in [-0.3, -0.25) is 14.2 Å². The smallest absolute Gasteiger partial charge is 0.264 e. The summed E-state index contributed by atoms with van der Waals surface area (Å²) in [4.78, 5) is 37.2. The lowest BCUT2D eigenvalue weighted by molar-refractivity contribution is -0.121. The van der Waals surface area contributed by atoms with E-state index in [0.29, 0.717) is 35.3 Å². The van der Waals surface area contributed by atoms with Crippen LogP contribution in [0.3, 0.4) is 0 Å². The number of nitrogens with one attached hydrogen (secondary N) is 1. The standard InChI is InChI=1S/C19H21N5O4S/c1-27-13-5-4-12(15(8-13)28-2)6-7-20-16(25)10-24-11-22-17-14(18(24)26)9-21-19(23-17)29-3/h4-5,8-9,11H,6-7,10H2,1-3H3,(H,20,25). The van der Waals surface area contributed by atoms with E-state index >= 15 is 0 Å². The molecule has 0 radical (unpaired) electrons. The Bertz CT molecular complexity index is 1090. The molecule has 29 heavy (non-hydrogen) atoms. The third-order valence-corrected chi connectivity index (χ3v) is 4.83. The Hall–Kier alpha value is -3.14. The maximum Gasteiger partial charge on any atom is 0.264 e. The van der Waals surface area contributed by atoms with Gasteiger partial charge in [-0.15, -0.1) is 0 Å². The van der Waals surface area contributed by atoms with E-state index in [-0.39, 0.29) is 23.4 Å². The fourth-order valence-electron chi connectivity index (χ4n) is 2.75. The van der Waals surface area contributed by atoms with Crippen molar-refractivity contribution in [1.29, 1.82) is 0 Å². The second kappa shape index (κ2) is 9.37. The highest BCUT2D eigenvalue weighted by Crippen LogP contribution is 2.24. The lowest BCUT2D eigenvalue weighted by atomic mass is 10.1. The molecule has 0 aliphatic rings. The Morgan fingerprint density at radius 2 is 2.07 bits per heavy atom. The number of aromatic nitrogens is 4. The first kappa shape index (κ1) is 20.6. The molecule has 0 aliphatic carbocycles. The van der Waals surface area contributed by atoms with Crippen molar-refractivity contribution in [1.82, 2.24) is 24.8 Å². The molecule has 3 aromatic rings. The first-order valence-corrected chi connectivity index (χ1v) is 10.0. The molecule has 0 atom stereocenters. The van der Waals surface area contributed by atoms with Crippen molar-refractivity contribution in [3.63, 3.8) is 0 Å². The van der Waals surface area contributed by atoms with Crippen LogP contribution in [-0.4, -0.2) is 52.4 Å². The van der Waals surface area contributed by atoms with Gasteiger partial charge < -0.3 is 14.8 Å².